The van der Waals surface area contributed by atoms with Crippen LogP contribution in [-0.2, 0) is 5.67 Å². The van der Waals surface area contributed by atoms with E-state index in [9.17, 15) is 58.3 Å². The van der Waals surface area contributed by atoms with Crippen LogP contribution in [0.1, 0.15) is 15.9 Å². The van der Waals surface area contributed by atoms with Crippen LogP contribution >= 0.6 is 15.9 Å². The van der Waals surface area contributed by atoms with Gasteiger partial charge in [-0.15, -0.1) is 0 Å². The number of hydrogen-bond acceptors (Lipinski definition) is 3. The molecular formula is C21H10BrF11N2O3. The first-order valence-corrected chi connectivity index (χ1v) is 10.5. The number of nitrogens with zero attached hydrogens (tertiary/aromatic N) is 1. The summed E-state index contributed by atoms with van der Waals surface area (Å²) in [4.78, 5) is 12.7. The van der Waals surface area contributed by atoms with Crippen LogP contribution in [-0.4, -0.2) is 30.8 Å². The van der Waals surface area contributed by atoms with Crippen LogP contribution in [0.4, 0.5) is 54.0 Å². The molecule has 0 saturated carbocycles. The number of amides is 1. The number of fused-ring (bicyclic) bond motifs is 1. The molecule has 0 aliphatic heterocycles. The molecular weight excluding hydrogens is 617 g/mol. The standard InChI is InChI=1S/C21H10BrF11N2O3/c22-12-7-11(18(25,20(28,29)30)19(26,27)21(31,32)33)8-14(38-17(23)24)15(12)34-16(36)10-3-4-13-9(6-10)2-1-5-35(13)37/h1-8,17H,(H,34,36). The second-order valence-electron chi connectivity index (χ2n) is 7.50. The number of anilines is 1. The molecule has 1 heterocycles. The van der Waals surface area contributed by atoms with Gasteiger partial charge in [0.05, 0.1) is 5.69 Å². The molecule has 3 rings (SSSR count). The molecule has 3 aromatic rings. The number of aromatic nitrogens is 1. The molecule has 1 amide bonds. The lowest BCUT2D eigenvalue weighted by Crippen LogP contribution is -2.59. The minimum atomic E-state index is -7.08. The number of ether oxygens (including phenoxy) is 1. The van der Waals surface area contributed by atoms with Crippen LogP contribution in [0.3, 0.4) is 0 Å². The Hall–Kier alpha value is -3.37. The highest BCUT2D eigenvalue weighted by molar-refractivity contribution is 9.10. The zero-order valence-electron chi connectivity index (χ0n) is 17.9. The van der Waals surface area contributed by atoms with Crippen molar-refractivity contribution in [2.75, 3.05) is 5.32 Å². The van der Waals surface area contributed by atoms with E-state index >= 15 is 0 Å². The van der Waals surface area contributed by atoms with Crippen LogP contribution in [0.15, 0.2) is 53.1 Å². The summed E-state index contributed by atoms with van der Waals surface area (Å²) in [5.74, 6) is -9.81. The van der Waals surface area contributed by atoms with Crippen molar-refractivity contribution in [3.8, 4) is 5.75 Å². The summed E-state index contributed by atoms with van der Waals surface area (Å²) in [5.41, 5.74) is -9.99. The number of carbonyl (C=O) groups is 1. The molecule has 0 bridgehead atoms. The summed E-state index contributed by atoms with van der Waals surface area (Å²) in [5, 5.41) is 13.9. The van der Waals surface area contributed by atoms with E-state index in [0.29, 0.717) is 4.73 Å². The number of pyridine rings is 1. The molecule has 1 N–H and O–H groups in total. The van der Waals surface area contributed by atoms with Crippen molar-refractivity contribution in [3.63, 3.8) is 0 Å². The molecule has 0 spiro atoms. The molecule has 5 nitrogen and oxygen atoms in total. The Labute approximate surface area is 212 Å². The Kier molecular flexibility index (Phi) is 7.48. The van der Waals surface area contributed by atoms with Crippen molar-refractivity contribution in [2.24, 2.45) is 0 Å². The van der Waals surface area contributed by atoms with Crippen molar-refractivity contribution in [2.45, 2.75) is 30.6 Å². The maximum atomic E-state index is 14.9. The van der Waals surface area contributed by atoms with Gasteiger partial charge in [0.2, 0.25) is 5.52 Å². The van der Waals surface area contributed by atoms with Crippen LogP contribution in [0.2, 0.25) is 0 Å². The molecule has 206 valence electrons. The number of rotatable bonds is 6. The molecule has 1 aromatic heterocycles. The molecule has 38 heavy (non-hydrogen) atoms. The second-order valence-corrected chi connectivity index (χ2v) is 8.35. The Morgan fingerprint density at radius 2 is 1.58 bits per heavy atom. The molecule has 0 radical (unpaired) electrons. The maximum absolute atomic E-state index is 14.9. The fraction of sp³-hybridized carbons (Fsp3) is 0.238. The van der Waals surface area contributed by atoms with E-state index in [0.717, 1.165) is 18.3 Å². The number of benzene rings is 2. The average molecular weight is 627 g/mol. The molecule has 1 unspecified atom stereocenters. The summed E-state index contributed by atoms with van der Waals surface area (Å²) in [6.07, 6.45) is -12.8. The maximum Gasteiger partial charge on any atom is 0.457 e. The summed E-state index contributed by atoms with van der Waals surface area (Å²) in [6.45, 7) is -3.90. The lowest BCUT2D eigenvalue weighted by Gasteiger charge is -2.36. The van der Waals surface area contributed by atoms with Gasteiger partial charge >= 0.3 is 30.6 Å². The quantitative estimate of drug-likeness (QED) is 0.182. The number of hydrogen-bond donors (Lipinski definition) is 1. The first-order chi connectivity index (χ1) is 17.3. The summed E-state index contributed by atoms with van der Waals surface area (Å²) >= 11 is 2.47. The van der Waals surface area contributed by atoms with E-state index in [2.05, 4.69) is 20.7 Å². The van der Waals surface area contributed by atoms with Crippen molar-refractivity contribution < 1.29 is 62.6 Å². The Bertz CT molecular complexity index is 1380. The van der Waals surface area contributed by atoms with Gasteiger partial charge in [-0.2, -0.15) is 48.6 Å². The zero-order valence-corrected chi connectivity index (χ0v) is 19.5. The third-order valence-corrected chi connectivity index (χ3v) is 5.74. The van der Waals surface area contributed by atoms with Gasteiger partial charge in [-0.25, -0.2) is 4.39 Å². The molecule has 0 aliphatic carbocycles. The smallest absolute Gasteiger partial charge is 0.457 e. The molecule has 0 saturated heterocycles. The minimum absolute atomic E-state index is 0.105. The predicted octanol–water partition coefficient (Wildman–Crippen LogP) is 7.01. The Morgan fingerprint density at radius 3 is 2.13 bits per heavy atom. The summed E-state index contributed by atoms with van der Waals surface area (Å²) < 4.78 is 150. The summed E-state index contributed by atoms with van der Waals surface area (Å²) in [6, 6.07) is 5.50. The fourth-order valence-corrected chi connectivity index (χ4v) is 3.87. The van der Waals surface area contributed by atoms with Crippen LogP contribution in [0.5, 0.6) is 5.75 Å². The largest absolute Gasteiger partial charge is 0.618 e. The van der Waals surface area contributed by atoms with Gasteiger partial charge in [-0.05, 0) is 46.3 Å². The monoisotopic (exact) mass is 626 g/mol. The van der Waals surface area contributed by atoms with Crippen molar-refractivity contribution in [3.05, 3.63) is 69.5 Å². The number of nitrogens with one attached hydrogen (secondary N) is 1. The van der Waals surface area contributed by atoms with E-state index < -0.39 is 64.0 Å². The van der Waals surface area contributed by atoms with Gasteiger partial charge in [0.1, 0.15) is 0 Å². The van der Waals surface area contributed by atoms with Crippen molar-refractivity contribution >= 4 is 38.4 Å². The molecule has 0 aliphatic rings. The Morgan fingerprint density at radius 1 is 0.947 bits per heavy atom. The van der Waals surface area contributed by atoms with Crippen LogP contribution < -0.4 is 14.8 Å². The third kappa shape index (κ3) is 5.02. The highest BCUT2D eigenvalue weighted by atomic mass is 79.9. The second kappa shape index (κ2) is 9.74. The van der Waals surface area contributed by atoms with E-state index in [1.807, 2.05) is 5.32 Å². The van der Waals surface area contributed by atoms with Crippen molar-refractivity contribution in [1.82, 2.24) is 0 Å². The molecule has 17 heteroatoms. The topological polar surface area (TPSA) is 65.3 Å². The fourth-order valence-electron chi connectivity index (χ4n) is 3.33. The van der Waals surface area contributed by atoms with Gasteiger partial charge < -0.3 is 15.3 Å². The number of halogens is 12. The third-order valence-electron chi connectivity index (χ3n) is 5.11. The Balaban J connectivity index is 2.15. The lowest BCUT2D eigenvalue weighted by molar-refractivity contribution is -0.577. The molecule has 1 atom stereocenters. The van der Waals surface area contributed by atoms with E-state index in [1.165, 1.54) is 18.2 Å². The van der Waals surface area contributed by atoms with Gasteiger partial charge in [0, 0.05) is 33.1 Å². The zero-order chi connectivity index (χ0) is 28.8. The summed E-state index contributed by atoms with van der Waals surface area (Å²) in [7, 11) is 0. The van der Waals surface area contributed by atoms with E-state index in [-0.39, 0.29) is 22.5 Å². The SMILES string of the molecule is O=C(Nc1c(Br)cc(C(F)(C(F)(F)F)C(F)(F)C(F)(F)F)cc1OC(F)F)c1ccc2c(ccc[n+]2[O-])c1. The highest BCUT2D eigenvalue weighted by Gasteiger charge is 2.81. The normalized spacial score (nSPS) is 14.4. The number of carbonyl (C=O) groups excluding carboxylic acids is 1. The minimum Gasteiger partial charge on any atom is -0.618 e. The average Bonchev–Trinajstić information content (AvgIpc) is 2.78. The highest BCUT2D eigenvalue weighted by Crippen LogP contribution is 2.59. The first kappa shape index (κ1) is 29.2. The van der Waals surface area contributed by atoms with Gasteiger partial charge in [-0.3, -0.25) is 4.79 Å². The lowest BCUT2D eigenvalue weighted by atomic mass is 9.87. The van der Waals surface area contributed by atoms with Gasteiger partial charge in [0.15, 0.2) is 11.9 Å². The van der Waals surface area contributed by atoms with Crippen LogP contribution in [0, 0.1) is 5.21 Å². The molecule has 2 aromatic carbocycles. The first-order valence-electron chi connectivity index (χ1n) is 9.73. The molecule has 0 fully saturated rings. The van der Waals surface area contributed by atoms with Crippen LogP contribution in [0.25, 0.3) is 10.9 Å². The number of alkyl halides is 11. The van der Waals surface area contributed by atoms with Crippen molar-refractivity contribution in [1.29, 1.82) is 0 Å². The van der Waals surface area contributed by atoms with E-state index in [1.54, 1.807) is 0 Å². The predicted molar refractivity (Wildman–Crippen MR) is 111 cm³/mol. The van der Waals surface area contributed by atoms with Gasteiger partial charge in [0.25, 0.3) is 5.91 Å². The van der Waals surface area contributed by atoms with E-state index in [4.69, 9.17) is 0 Å². The van der Waals surface area contributed by atoms with Gasteiger partial charge in [-0.1, -0.05) is 0 Å².